The Bertz CT molecular complexity index is 353. The van der Waals surface area contributed by atoms with Crippen molar-refractivity contribution in [3.8, 4) is 0 Å². The van der Waals surface area contributed by atoms with Crippen molar-refractivity contribution >= 4 is 0 Å². The standard InChI is InChI=1S/C17H28O4/c1-14(2)17(16(18)15-8-5-4-6-9-15)21-11-7-10-20-13-12-19-3/h4-6,8-9,14,16-18H,7,10-13H2,1-3H3. The van der Waals surface area contributed by atoms with Crippen LogP contribution in [0.4, 0.5) is 0 Å². The molecule has 0 radical (unpaired) electrons. The molecule has 4 nitrogen and oxygen atoms in total. The zero-order valence-electron chi connectivity index (χ0n) is 13.3. The number of ether oxygens (including phenoxy) is 3. The third-order valence-corrected chi connectivity index (χ3v) is 3.28. The SMILES string of the molecule is COCCOCCCOC(C(C)C)C(O)c1ccccc1. The Morgan fingerprint density at radius 3 is 2.33 bits per heavy atom. The van der Waals surface area contributed by atoms with Gasteiger partial charge in [0.1, 0.15) is 6.10 Å². The summed E-state index contributed by atoms with van der Waals surface area (Å²) in [5.41, 5.74) is 0.896. The first-order valence-electron chi connectivity index (χ1n) is 7.58. The van der Waals surface area contributed by atoms with Crippen LogP contribution in [0.3, 0.4) is 0 Å². The summed E-state index contributed by atoms with van der Waals surface area (Å²) < 4.78 is 16.2. The third-order valence-electron chi connectivity index (χ3n) is 3.28. The predicted molar refractivity (Wildman–Crippen MR) is 83.3 cm³/mol. The van der Waals surface area contributed by atoms with Crippen molar-refractivity contribution in [3.05, 3.63) is 35.9 Å². The van der Waals surface area contributed by atoms with Crippen molar-refractivity contribution in [2.75, 3.05) is 33.5 Å². The highest BCUT2D eigenvalue weighted by atomic mass is 16.5. The Kier molecular flexibility index (Phi) is 9.26. The van der Waals surface area contributed by atoms with Gasteiger partial charge in [-0.15, -0.1) is 0 Å². The molecule has 0 bridgehead atoms. The van der Waals surface area contributed by atoms with Crippen molar-refractivity contribution in [1.82, 2.24) is 0 Å². The number of hydrogen-bond acceptors (Lipinski definition) is 4. The van der Waals surface area contributed by atoms with Crippen LogP contribution >= 0.6 is 0 Å². The lowest BCUT2D eigenvalue weighted by molar-refractivity contribution is -0.0682. The molecule has 1 rings (SSSR count). The summed E-state index contributed by atoms with van der Waals surface area (Å²) in [4.78, 5) is 0. The van der Waals surface area contributed by atoms with Gasteiger partial charge in [-0.3, -0.25) is 0 Å². The molecule has 0 heterocycles. The van der Waals surface area contributed by atoms with E-state index in [2.05, 4.69) is 13.8 Å². The molecule has 0 saturated heterocycles. The molecule has 0 spiro atoms. The summed E-state index contributed by atoms with van der Waals surface area (Å²) in [7, 11) is 1.66. The van der Waals surface area contributed by atoms with Gasteiger partial charge in [-0.25, -0.2) is 0 Å². The van der Waals surface area contributed by atoms with E-state index >= 15 is 0 Å². The fourth-order valence-corrected chi connectivity index (χ4v) is 2.11. The van der Waals surface area contributed by atoms with Crippen LogP contribution in [-0.4, -0.2) is 44.7 Å². The Morgan fingerprint density at radius 1 is 1.00 bits per heavy atom. The highest BCUT2D eigenvalue weighted by Crippen LogP contribution is 2.24. The first-order chi connectivity index (χ1) is 10.2. The molecule has 120 valence electrons. The molecule has 0 saturated carbocycles. The van der Waals surface area contributed by atoms with Gasteiger partial charge in [-0.05, 0) is 17.9 Å². The van der Waals surface area contributed by atoms with Crippen molar-refractivity contribution in [2.45, 2.75) is 32.5 Å². The summed E-state index contributed by atoms with van der Waals surface area (Å²) in [6, 6.07) is 9.66. The number of hydrogen-bond donors (Lipinski definition) is 1. The van der Waals surface area contributed by atoms with Crippen molar-refractivity contribution in [3.63, 3.8) is 0 Å². The number of aliphatic hydroxyl groups excluding tert-OH is 1. The lowest BCUT2D eigenvalue weighted by atomic mass is 9.96. The number of rotatable bonds is 11. The maximum Gasteiger partial charge on any atom is 0.105 e. The molecule has 1 N–H and O–H groups in total. The Balaban J connectivity index is 2.33. The smallest absolute Gasteiger partial charge is 0.105 e. The average Bonchev–Trinajstić information content (AvgIpc) is 2.50. The van der Waals surface area contributed by atoms with Gasteiger partial charge in [0.2, 0.25) is 0 Å². The summed E-state index contributed by atoms with van der Waals surface area (Å²) in [5.74, 6) is 0.245. The minimum absolute atomic E-state index is 0.202. The maximum absolute atomic E-state index is 10.5. The van der Waals surface area contributed by atoms with E-state index in [1.54, 1.807) is 7.11 Å². The lowest BCUT2D eigenvalue weighted by Crippen LogP contribution is -2.28. The number of aliphatic hydroxyl groups is 1. The number of methoxy groups -OCH3 is 1. The van der Waals surface area contributed by atoms with Crippen LogP contribution in [0.1, 0.15) is 31.9 Å². The quantitative estimate of drug-likeness (QED) is 0.638. The molecule has 0 aliphatic heterocycles. The molecule has 21 heavy (non-hydrogen) atoms. The van der Waals surface area contributed by atoms with Gasteiger partial charge in [0.05, 0.1) is 19.3 Å². The van der Waals surface area contributed by atoms with Crippen LogP contribution < -0.4 is 0 Å². The second-order valence-electron chi connectivity index (χ2n) is 5.39. The fourth-order valence-electron chi connectivity index (χ4n) is 2.11. The zero-order valence-corrected chi connectivity index (χ0v) is 13.3. The van der Waals surface area contributed by atoms with Crippen LogP contribution in [0.25, 0.3) is 0 Å². The molecule has 2 atom stereocenters. The van der Waals surface area contributed by atoms with Gasteiger partial charge in [0.25, 0.3) is 0 Å². The monoisotopic (exact) mass is 296 g/mol. The zero-order chi connectivity index (χ0) is 15.5. The largest absolute Gasteiger partial charge is 0.386 e. The summed E-state index contributed by atoms with van der Waals surface area (Å²) in [6.45, 7) is 6.58. The van der Waals surface area contributed by atoms with E-state index in [4.69, 9.17) is 14.2 Å². The Labute approximate surface area is 128 Å². The van der Waals surface area contributed by atoms with Gasteiger partial charge in [0, 0.05) is 20.3 Å². The Morgan fingerprint density at radius 2 is 1.71 bits per heavy atom. The second-order valence-corrected chi connectivity index (χ2v) is 5.39. The van der Waals surface area contributed by atoms with Crippen LogP contribution in [0.5, 0.6) is 0 Å². The average molecular weight is 296 g/mol. The van der Waals surface area contributed by atoms with Crippen LogP contribution in [0, 0.1) is 5.92 Å². The fraction of sp³-hybridized carbons (Fsp3) is 0.647. The van der Waals surface area contributed by atoms with Gasteiger partial charge in [-0.1, -0.05) is 44.2 Å². The second kappa shape index (κ2) is 10.7. The molecule has 0 aliphatic carbocycles. The van der Waals surface area contributed by atoms with Gasteiger partial charge in [0.15, 0.2) is 0 Å². The van der Waals surface area contributed by atoms with E-state index in [-0.39, 0.29) is 12.0 Å². The summed E-state index contributed by atoms with van der Waals surface area (Å²) in [6.07, 6.45) is 0.0148. The predicted octanol–water partition coefficient (Wildman–Crippen LogP) is 2.81. The van der Waals surface area contributed by atoms with Crippen molar-refractivity contribution in [1.29, 1.82) is 0 Å². The van der Waals surface area contributed by atoms with E-state index in [1.807, 2.05) is 30.3 Å². The van der Waals surface area contributed by atoms with Crippen LogP contribution in [0.2, 0.25) is 0 Å². The number of benzene rings is 1. The maximum atomic E-state index is 10.5. The van der Waals surface area contributed by atoms with E-state index in [0.29, 0.717) is 26.4 Å². The van der Waals surface area contributed by atoms with Crippen molar-refractivity contribution < 1.29 is 19.3 Å². The lowest BCUT2D eigenvalue weighted by Gasteiger charge is -2.27. The Hall–Kier alpha value is -0.940. The van der Waals surface area contributed by atoms with E-state index in [1.165, 1.54) is 0 Å². The van der Waals surface area contributed by atoms with Gasteiger partial charge in [-0.2, -0.15) is 0 Å². The normalized spacial score (nSPS) is 14.3. The first kappa shape index (κ1) is 18.1. The highest BCUT2D eigenvalue weighted by molar-refractivity contribution is 5.18. The molecular formula is C17H28O4. The molecule has 4 heteroatoms. The van der Waals surface area contributed by atoms with Gasteiger partial charge < -0.3 is 19.3 Å². The molecule has 0 fully saturated rings. The minimum Gasteiger partial charge on any atom is -0.386 e. The van der Waals surface area contributed by atoms with E-state index < -0.39 is 6.10 Å². The molecule has 0 aliphatic rings. The van der Waals surface area contributed by atoms with Gasteiger partial charge >= 0.3 is 0 Å². The van der Waals surface area contributed by atoms with Crippen molar-refractivity contribution in [2.24, 2.45) is 5.92 Å². The first-order valence-corrected chi connectivity index (χ1v) is 7.58. The van der Waals surface area contributed by atoms with Crippen LogP contribution in [0.15, 0.2) is 30.3 Å². The molecular weight excluding hydrogens is 268 g/mol. The van der Waals surface area contributed by atoms with Crippen LogP contribution in [-0.2, 0) is 14.2 Å². The molecule has 0 aromatic heterocycles. The third kappa shape index (κ3) is 7.05. The molecule has 2 unspecified atom stereocenters. The van der Waals surface area contributed by atoms with E-state index in [9.17, 15) is 5.11 Å². The molecule has 1 aromatic rings. The molecule has 0 amide bonds. The highest BCUT2D eigenvalue weighted by Gasteiger charge is 2.24. The topological polar surface area (TPSA) is 47.9 Å². The minimum atomic E-state index is -0.597. The molecule has 1 aromatic carbocycles. The summed E-state index contributed by atoms with van der Waals surface area (Å²) in [5, 5.41) is 10.5. The van der Waals surface area contributed by atoms with E-state index in [0.717, 1.165) is 12.0 Å². The summed E-state index contributed by atoms with van der Waals surface area (Å²) >= 11 is 0.